The van der Waals surface area contributed by atoms with Crippen LogP contribution in [0, 0.1) is 13.8 Å². The van der Waals surface area contributed by atoms with E-state index in [4.69, 9.17) is 22.4 Å². The van der Waals surface area contributed by atoms with Gasteiger partial charge in [0.05, 0.1) is 0 Å². The molecule has 0 aliphatic heterocycles. The van der Waals surface area contributed by atoms with Crippen molar-refractivity contribution in [1.82, 2.24) is 0 Å². The normalized spacial score (nSPS) is 12.3. The van der Waals surface area contributed by atoms with Gasteiger partial charge in [0.1, 0.15) is 23.0 Å². The van der Waals surface area contributed by atoms with E-state index in [0.29, 0.717) is 33.9 Å². The van der Waals surface area contributed by atoms with Crippen LogP contribution < -0.4 is 17.8 Å². The quantitative estimate of drug-likeness (QED) is 0.0810. The van der Waals surface area contributed by atoms with Crippen molar-refractivity contribution in [3.8, 4) is 34.5 Å². The topological polar surface area (TPSA) is 146 Å². The molecule has 0 fully saturated rings. The van der Waals surface area contributed by atoms with Crippen LogP contribution in [-0.2, 0) is 28.1 Å². The molecular formula is C43H36O10S2. The van der Waals surface area contributed by atoms with Gasteiger partial charge >= 0.3 is 22.7 Å². The van der Waals surface area contributed by atoms with E-state index in [-0.39, 0.29) is 34.2 Å². The van der Waals surface area contributed by atoms with Crippen molar-refractivity contribution in [2.24, 2.45) is 0 Å². The fourth-order valence-corrected chi connectivity index (χ4v) is 6.42. The summed E-state index contributed by atoms with van der Waals surface area (Å²) in [6.07, 6.45) is 0. The molecule has 2 unspecified atom stereocenters. The van der Waals surface area contributed by atoms with E-state index >= 15 is 0 Å². The lowest BCUT2D eigenvalue weighted by Gasteiger charge is -2.26. The minimum Gasteiger partial charge on any atom is -0.457 e. The van der Waals surface area contributed by atoms with Gasteiger partial charge in [0.2, 0.25) is 0 Å². The van der Waals surface area contributed by atoms with Crippen LogP contribution in [0.25, 0.3) is 0 Å². The van der Waals surface area contributed by atoms with Crippen LogP contribution >= 0.6 is 0 Å². The van der Waals surface area contributed by atoms with Crippen molar-refractivity contribution >= 4 is 34.3 Å². The van der Waals surface area contributed by atoms with Crippen molar-refractivity contribution in [2.75, 3.05) is 0 Å². The zero-order valence-electron chi connectivity index (χ0n) is 30.2. The Kier molecular flexibility index (Phi) is 11.7. The number of ketones is 2. The molecular weight excluding hydrogens is 741 g/mol. The first kappa shape index (κ1) is 38.8. The van der Waals surface area contributed by atoms with Crippen LogP contribution in [0.5, 0.6) is 34.5 Å². The molecule has 0 heterocycles. The number of carbonyl (C=O) groups is 2. The minimum atomic E-state index is -2.72. The number of benzene rings is 6. The zero-order valence-corrected chi connectivity index (χ0v) is 31.8. The van der Waals surface area contributed by atoms with E-state index in [1.165, 1.54) is 30.3 Å². The molecule has 0 amide bonds. The number of rotatable bonds is 14. The molecule has 0 spiro atoms. The molecule has 2 N–H and O–H groups in total. The lowest BCUT2D eigenvalue weighted by molar-refractivity contribution is 0.103. The second-order valence-corrected chi connectivity index (χ2v) is 14.4. The fourth-order valence-electron chi connectivity index (χ4n) is 5.81. The summed E-state index contributed by atoms with van der Waals surface area (Å²) in [6.45, 7) is 7.82. The standard InChI is InChI=1S/C43H36O10S2/c1-27-5-8-29(9-6-27)41(44)30-11-18-35(19-12-30)50-36-20-14-33(15-21-36)43(3,4)34-16-22-37(23-17-34)51-38-24-13-32(26-40(38)53-55(48)49)42(45)31-10-7-28(2)39(25-31)52-54(46)47/h5-26H,1-4H3,(H,46,47)(H,48,49). The first-order valence-corrected chi connectivity index (χ1v) is 19.0. The highest BCUT2D eigenvalue weighted by molar-refractivity contribution is 7.74. The summed E-state index contributed by atoms with van der Waals surface area (Å²) in [4.78, 5) is 26.1. The predicted octanol–water partition coefficient (Wildman–Crippen LogP) is 9.71. The van der Waals surface area contributed by atoms with E-state index in [1.54, 1.807) is 49.4 Å². The SMILES string of the molecule is Cc1ccc(C(=O)c2ccc(Oc3ccc(C(C)(C)c4ccc(Oc5ccc(C(=O)c6ccc(C)c(OS(=O)O)c6)cc5OS(=O)O)cc4)cc3)cc2)cc1. The third-order valence-electron chi connectivity index (χ3n) is 9.02. The van der Waals surface area contributed by atoms with Crippen molar-refractivity contribution in [1.29, 1.82) is 0 Å². The lowest BCUT2D eigenvalue weighted by Crippen LogP contribution is -2.18. The molecule has 0 aliphatic carbocycles. The number of ether oxygens (including phenoxy) is 2. The molecule has 0 radical (unpaired) electrons. The molecule has 0 saturated carbocycles. The molecule has 280 valence electrons. The van der Waals surface area contributed by atoms with Crippen molar-refractivity contribution in [3.05, 3.63) is 178 Å². The van der Waals surface area contributed by atoms with Gasteiger partial charge in [-0.2, -0.15) is 8.42 Å². The Balaban J connectivity index is 1.12. The number of aryl methyl sites for hydroxylation is 2. The van der Waals surface area contributed by atoms with Crippen molar-refractivity contribution in [2.45, 2.75) is 33.1 Å². The Morgan fingerprint density at radius 1 is 0.491 bits per heavy atom. The largest absolute Gasteiger partial charge is 0.457 e. The van der Waals surface area contributed by atoms with Crippen LogP contribution in [0.3, 0.4) is 0 Å². The molecule has 55 heavy (non-hydrogen) atoms. The van der Waals surface area contributed by atoms with Crippen LogP contribution in [-0.4, -0.2) is 29.1 Å². The van der Waals surface area contributed by atoms with Crippen LogP contribution in [0.15, 0.2) is 133 Å². The second kappa shape index (κ2) is 16.6. The van der Waals surface area contributed by atoms with Crippen LogP contribution in [0.2, 0.25) is 0 Å². The smallest absolute Gasteiger partial charge is 0.357 e. The molecule has 6 rings (SSSR count). The zero-order chi connectivity index (χ0) is 39.3. The monoisotopic (exact) mass is 776 g/mol. The van der Waals surface area contributed by atoms with E-state index in [2.05, 4.69) is 13.8 Å². The number of hydrogen-bond acceptors (Lipinski definition) is 8. The first-order chi connectivity index (χ1) is 26.3. The summed E-state index contributed by atoms with van der Waals surface area (Å²) < 4.78 is 63.5. The highest BCUT2D eigenvalue weighted by Gasteiger charge is 2.24. The number of hydrogen-bond donors (Lipinski definition) is 2. The number of carbonyl (C=O) groups excluding carboxylic acids is 2. The Morgan fingerprint density at radius 3 is 1.42 bits per heavy atom. The molecule has 0 aromatic heterocycles. The van der Waals surface area contributed by atoms with Crippen LogP contribution in [0.4, 0.5) is 0 Å². The Labute approximate surface area is 323 Å². The second-order valence-electron chi connectivity index (χ2n) is 13.2. The maximum atomic E-state index is 13.3. The Hall–Kier alpha value is -5.92. The molecule has 2 atom stereocenters. The van der Waals surface area contributed by atoms with Gasteiger partial charge in [-0.3, -0.25) is 18.7 Å². The fraction of sp³-hybridized carbons (Fsp3) is 0.116. The molecule has 10 nitrogen and oxygen atoms in total. The van der Waals surface area contributed by atoms with Gasteiger partial charge in [-0.1, -0.05) is 80.1 Å². The van der Waals surface area contributed by atoms with Crippen molar-refractivity contribution < 1.29 is 45.0 Å². The first-order valence-electron chi connectivity index (χ1n) is 16.9. The molecule has 0 saturated heterocycles. The molecule has 6 aromatic rings. The van der Waals surface area contributed by atoms with Gasteiger partial charge in [0.15, 0.2) is 23.1 Å². The van der Waals surface area contributed by atoms with E-state index < -0.39 is 33.9 Å². The molecule has 6 aromatic carbocycles. The van der Waals surface area contributed by atoms with Gasteiger partial charge in [-0.05, 0) is 103 Å². The highest BCUT2D eigenvalue weighted by Crippen LogP contribution is 2.37. The molecule has 12 heteroatoms. The third-order valence-corrected chi connectivity index (χ3v) is 9.67. The average Bonchev–Trinajstić information content (AvgIpc) is 3.16. The third kappa shape index (κ3) is 9.42. The van der Waals surface area contributed by atoms with Gasteiger partial charge < -0.3 is 17.8 Å². The summed E-state index contributed by atoms with van der Waals surface area (Å²) in [6, 6.07) is 38.3. The van der Waals surface area contributed by atoms with Gasteiger partial charge in [-0.25, -0.2) is 0 Å². The molecule has 0 bridgehead atoms. The van der Waals surface area contributed by atoms with Gasteiger partial charge in [-0.15, -0.1) is 0 Å². The average molecular weight is 777 g/mol. The minimum absolute atomic E-state index is 0.0503. The summed E-state index contributed by atoms with van der Waals surface area (Å²) in [7, 11) is 0. The van der Waals surface area contributed by atoms with Crippen molar-refractivity contribution in [3.63, 3.8) is 0 Å². The summed E-state index contributed by atoms with van der Waals surface area (Å²) in [5.41, 5.74) is 4.74. The molecule has 0 aliphatic rings. The van der Waals surface area contributed by atoms with E-state index in [0.717, 1.165) is 16.7 Å². The van der Waals surface area contributed by atoms with E-state index in [9.17, 15) is 22.6 Å². The Morgan fingerprint density at radius 2 is 0.891 bits per heavy atom. The Bertz CT molecular complexity index is 2390. The maximum Gasteiger partial charge on any atom is 0.357 e. The highest BCUT2D eigenvalue weighted by atomic mass is 32.2. The predicted molar refractivity (Wildman–Crippen MR) is 210 cm³/mol. The van der Waals surface area contributed by atoms with Gasteiger partial charge in [0, 0.05) is 27.7 Å². The lowest BCUT2D eigenvalue weighted by atomic mass is 9.78. The summed E-state index contributed by atoms with van der Waals surface area (Å²) in [5, 5.41) is 0. The summed E-state index contributed by atoms with van der Waals surface area (Å²) in [5.74, 6) is 1.14. The van der Waals surface area contributed by atoms with Gasteiger partial charge in [0.25, 0.3) is 0 Å². The van der Waals surface area contributed by atoms with E-state index in [1.807, 2.05) is 67.6 Å². The summed E-state index contributed by atoms with van der Waals surface area (Å²) >= 11 is -5.30. The van der Waals surface area contributed by atoms with Crippen LogP contribution in [0.1, 0.15) is 67.9 Å². The maximum absolute atomic E-state index is 13.3.